The largest absolute Gasteiger partial charge is 0.394 e. The van der Waals surface area contributed by atoms with Gasteiger partial charge in [-0.2, -0.15) is 25.8 Å². The third kappa shape index (κ3) is 16.6. The van der Waals surface area contributed by atoms with Crippen molar-refractivity contribution in [3.8, 4) is 23.9 Å². The Labute approximate surface area is 424 Å². The van der Waals surface area contributed by atoms with E-state index in [1.807, 2.05) is 95.5 Å². The standard InChI is InChI=1S/C23H17N7.C22H19N7.C7H16O3.3CH4/c1-15-10-18(8-9-25-3)11-16(2)21(15)30-14-27-20-13-26-23(29-22(20)30)28-19-6-4-17(12-24)5-7-19;1-14-10-17(4-3-9-23)11-15(2)20(14)28-21-19(25)13-26-22(29-21)27-18-7-5-16(12-24)6-8-18;1-4-8-7(9-5-2)10-6-3;;;/h4-11,13-14H,1-2H3,(H,26,28,29);3-8,10-11,13H,25H2,1-2H3,(H2,26,27,28,29);7H,4-6H2,1-3H3;3*1H4/b9-8+;4-3+;;;;. The molecule has 0 spiro atoms. The third-order valence-corrected chi connectivity index (χ3v) is 9.80. The van der Waals surface area contributed by atoms with Gasteiger partial charge in [-0.15, -0.1) is 0 Å². The summed E-state index contributed by atoms with van der Waals surface area (Å²) in [4.78, 5) is 25.4. The molecule has 4 aromatic carbocycles. The van der Waals surface area contributed by atoms with Gasteiger partial charge in [-0.05, 0) is 149 Å². The first kappa shape index (κ1) is 59.2. The van der Waals surface area contributed by atoms with Crippen LogP contribution in [0.4, 0.5) is 40.5 Å². The van der Waals surface area contributed by atoms with Crippen molar-refractivity contribution < 1.29 is 14.2 Å². The zero-order valence-electron chi connectivity index (χ0n) is 39.4. The molecule has 7 rings (SSSR count). The summed E-state index contributed by atoms with van der Waals surface area (Å²) in [5, 5.41) is 36.1. The van der Waals surface area contributed by atoms with E-state index >= 15 is 0 Å². The van der Waals surface area contributed by atoms with Crippen molar-refractivity contribution in [3.05, 3.63) is 160 Å². The van der Waals surface area contributed by atoms with Crippen molar-refractivity contribution in [2.24, 2.45) is 0 Å². The molecule has 0 saturated heterocycles. The smallest absolute Gasteiger partial charge is 0.271 e. The number of nitrogens with one attached hydrogen (secondary N) is 3. The molecule has 372 valence electrons. The van der Waals surface area contributed by atoms with Gasteiger partial charge >= 0.3 is 0 Å². The maximum absolute atomic E-state index is 8.93. The van der Waals surface area contributed by atoms with Crippen LogP contribution in [0.5, 0.6) is 0 Å². The number of nitrogens with zero attached hydrogens (tertiary/aromatic N) is 10. The molecule has 0 atom stereocenters. The number of imidazole rings is 1. The number of nitrogen functional groups attached to an aromatic ring is 1. The zero-order valence-corrected chi connectivity index (χ0v) is 39.4. The summed E-state index contributed by atoms with van der Waals surface area (Å²) in [6.45, 7) is 22.0. The fraction of sp³-hybridized carbons (Fsp3) is 0.255. The number of nitriles is 3. The van der Waals surface area contributed by atoms with E-state index < -0.39 is 6.48 Å². The number of ether oxygens (including phenoxy) is 3. The van der Waals surface area contributed by atoms with Gasteiger partial charge in [0.25, 0.3) is 6.48 Å². The Kier molecular flexibility index (Phi) is 24.5. The van der Waals surface area contributed by atoms with Crippen molar-refractivity contribution in [2.45, 2.75) is 77.2 Å². The first-order valence-electron chi connectivity index (χ1n) is 21.7. The van der Waals surface area contributed by atoms with Crippen molar-refractivity contribution in [3.63, 3.8) is 0 Å². The highest BCUT2D eigenvalue weighted by Crippen LogP contribution is 2.30. The summed E-state index contributed by atoms with van der Waals surface area (Å²) in [5.41, 5.74) is 18.5. The number of allylic oxidation sites excluding steroid dienone is 1. The first-order chi connectivity index (χ1) is 33.4. The second-order valence-corrected chi connectivity index (χ2v) is 14.9. The molecule has 0 aliphatic carbocycles. The number of aryl methyl sites for hydroxylation is 4. The van der Waals surface area contributed by atoms with Crippen LogP contribution in [0.15, 0.2) is 104 Å². The van der Waals surface area contributed by atoms with Gasteiger partial charge in [0.05, 0.1) is 59.7 Å². The lowest BCUT2D eigenvalue weighted by Gasteiger charge is -2.15. The van der Waals surface area contributed by atoms with Crippen LogP contribution in [0.1, 0.15) is 87.6 Å². The SMILES string of the molecule is C.C.C.CCOC(OCC)OCC.Cc1cc(/C=C/C#N)cc(C)c1Nc1nc(Nc2ccc(C#N)cc2)ncc1N.[C-]#[N+]/C=C/c1cc(C)c(-n2cnc3cnc(Nc4ccc(C#N)cc4)nc32)c(C)c1. The van der Waals surface area contributed by atoms with Gasteiger partial charge in [0.1, 0.15) is 11.8 Å². The summed E-state index contributed by atoms with van der Waals surface area (Å²) in [6.07, 6.45) is 11.4. The second kappa shape index (κ2) is 29.8. The van der Waals surface area contributed by atoms with Crippen LogP contribution in [0, 0.1) is 68.3 Å². The number of aromatic nitrogens is 6. The minimum Gasteiger partial charge on any atom is -0.394 e. The van der Waals surface area contributed by atoms with Crippen molar-refractivity contribution in [1.29, 1.82) is 15.8 Å². The topological polar surface area (TPSA) is 235 Å². The lowest BCUT2D eigenvalue weighted by molar-refractivity contribution is -0.282. The van der Waals surface area contributed by atoms with Gasteiger partial charge in [-0.3, -0.25) is 4.57 Å². The van der Waals surface area contributed by atoms with Crippen LogP contribution < -0.4 is 21.7 Å². The molecule has 0 amide bonds. The molecular formula is C55H64N14O3. The van der Waals surface area contributed by atoms with Gasteiger partial charge in [-0.1, -0.05) is 40.5 Å². The lowest BCUT2D eigenvalue weighted by atomic mass is 10.0. The average Bonchev–Trinajstić information content (AvgIpc) is 3.75. The van der Waals surface area contributed by atoms with E-state index in [2.05, 4.69) is 57.9 Å². The Hall–Kier alpha value is -8.97. The predicted molar refractivity (Wildman–Crippen MR) is 290 cm³/mol. The first-order valence-corrected chi connectivity index (χ1v) is 21.7. The minimum absolute atomic E-state index is 0. The molecule has 0 aliphatic heterocycles. The molecule has 0 radical (unpaired) electrons. The fourth-order valence-corrected chi connectivity index (χ4v) is 6.78. The number of hydrogen-bond acceptors (Lipinski definition) is 15. The molecule has 0 fully saturated rings. The predicted octanol–water partition coefficient (Wildman–Crippen LogP) is 12.8. The molecular weight excluding hydrogens is 905 g/mol. The van der Waals surface area contributed by atoms with Gasteiger partial charge in [-0.25, -0.2) is 19.8 Å². The number of fused-ring (bicyclic) bond motifs is 1. The third-order valence-electron chi connectivity index (χ3n) is 9.80. The Morgan fingerprint density at radius 3 is 1.65 bits per heavy atom. The fourth-order valence-electron chi connectivity index (χ4n) is 6.78. The monoisotopic (exact) mass is 969 g/mol. The van der Waals surface area contributed by atoms with E-state index in [9.17, 15) is 0 Å². The molecule has 17 heteroatoms. The minimum atomic E-state index is -0.472. The highest BCUT2D eigenvalue weighted by atomic mass is 16.8. The Morgan fingerprint density at radius 2 is 1.17 bits per heavy atom. The molecule has 5 N–H and O–H groups in total. The maximum atomic E-state index is 8.93. The second-order valence-electron chi connectivity index (χ2n) is 14.9. The van der Waals surface area contributed by atoms with Crippen molar-refractivity contribution in [1.82, 2.24) is 29.5 Å². The van der Waals surface area contributed by atoms with Crippen LogP contribution in [-0.4, -0.2) is 55.8 Å². The summed E-state index contributed by atoms with van der Waals surface area (Å²) < 4.78 is 17.2. The number of benzene rings is 4. The molecule has 72 heavy (non-hydrogen) atoms. The maximum Gasteiger partial charge on any atom is 0.271 e. The lowest BCUT2D eigenvalue weighted by Crippen LogP contribution is -2.20. The Balaban J connectivity index is 0.000000402. The molecule has 0 unspecified atom stereocenters. The van der Waals surface area contributed by atoms with Crippen LogP contribution in [-0.2, 0) is 14.2 Å². The highest BCUT2D eigenvalue weighted by molar-refractivity contribution is 5.77. The van der Waals surface area contributed by atoms with Crippen LogP contribution in [0.3, 0.4) is 0 Å². The quantitative estimate of drug-likeness (QED) is 0.0425. The van der Waals surface area contributed by atoms with Gasteiger partial charge in [0.2, 0.25) is 11.9 Å². The number of anilines is 7. The van der Waals surface area contributed by atoms with Crippen LogP contribution in [0.2, 0.25) is 0 Å². The van der Waals surface area contributed by atoms with E-state index in [-0.39, 0.29) is 22.3 Å². The van der Waals surface area contributed by atoms with Crippen LogP contribution in [0.25, 0.3) is 33.8 Å². The van der Waals surface area contributed by atoms with Gasteiger partial charge in [0, 0.05) is 43.0 Å². The molecule has 3 heterocycles. The van der Waals surface area contributed by atoms with Crippen LogP contribution >= 0.6 is 0 Å². The van der Waals surface area contributed by atoms with E-state index in [1.54, 1.807) is 61.1 Å². The van der Waals surface area contributed by atoms with E-state index in [4.69, 9.17) is 42.3 Å². The summed E-state index contributed by atoms with van der Waals surface area (Å²) in [7, 11) is 0. The molecule has 17 nitrogen and oxygen atoms in total. The summed E-state index contributed by atoms with van der Waals surface area (Å²) >= 11 is 0. The molecule has 3 aromatic heterocycles. The molecule has 7 aromatic rings. The number of rotatable bonds is 15. The van der Waals surface area contributed by atoms with Crippen molar-refractivity contribution >= 4 is 63.8 Å². The van der Waals surface area contributed by atoms with E-state index in [0.717, 1.165) is 56.1 Å². The Bertz CT molecular complexity index is 3020. The molecule has 0 saturated carbocycles. The molecule has 0 aliphatic rings. The summed E-state index contributed by atoms with van der Waals surface area (Å²) in [5.74, 6) is 1.32. The zero-order chi connectivity index (χ0) is 49.7. The summed E-state index contributed by atoms with van der Waals surface area (Å²) in [6, 6.07) is 28.3. The normalized spacial score (nSPS) is 10.2. The number of nitrogens with two attached hydrogens (primary N) is 1. The number of hydrogen-bond donors (Lipinski definition) is 4. The van der Waals surface area contributed by atoms with Gasteiger partial charge in [0.15, 0.2) is 17.7 Å². The average molecular weight is 969 g/mol. The van der Waals surface area contributed by atoms with Gasteiger partial charge < -0.3 is 35.9 Å². The van der Waals surface area contributed by atoms with Crippen molar-refractivity contribution in [2.75, 3.05) is 41.5 Å². The van der Waals surface area contributed by atoms with E-state index in [0.29, 0.717) is 65.5 Å². The molecule has 0 bridgehead atoms. The highest BCUT2D eigenvalue weighted by Gasteiger charge is 2.14. The van der Waals surface area contributed by atoms with E-state index in [1.165, 1.54) is 18.5 Å². The Morgan fingerprint density at radius 1 is 0.681 bits per heavy atom.